The van der Waals surface area contributed by atoms with Gasteiger partial charge in [0.05, 0.1) is 5.52 Å². The fourth-order valence-corrected chi connectivity index (χ4v) is 1.85. The van der Waals surface area contributed by atoms with Crippen LogP contribution in [0.2, 0.25) is 0 Å². The van der Waals surface area contributed by atoms with Crippen LogP contribution < -0.4 is 5.73 Å². The van der Waals surface area contributed by atoms with Crippen molar-refractivity contribution < 1.29 is 4.79 Å². The number of fused-ring (bicyclic) bond motifs is 1. The maximum absolute atomic E-state index is 12.2. The molecule has 0 aliphatic carbocycles. The molecule has 0 atom stereocenters. The summed E-state index contributed by atoms with van der Waals surface area (Å²) in [5.41, 5.74) is 6.88. The van der Waals surface area contributed by atoms with E-state index in [1.807, 2.05) is 31.3 Å². The second-order valence-electron chi connectivity index (χ2n) is 4.00. The van der Waals surface area contributed by atoms with Gasteiger partial charge in [0.1, 0.15) is 0 Å². The van der Waals surface area contributed by atoms with Crippen LogP contribution in [-0.2, 0) is 7.05 Å². The highest BCUT2D eigenvalue weighted by molar-refractivity contribution is 6.04. The smallest absolute Gasteiger partial charge is 0.274 e. The fraction of sp³-hybridized carbons (Fsp3) is 0.333. The summed E-state index contributed by atoms with van der Waals surface area (Å²) in [6.45, 7) is 0.983. The number of carbonyl (C=O) groups is 1. The van der Waals surface area contributed by atoms with Crippen molar-refractivity contribution in [3.63, 3.8) is 0 Å². The number of para-hydroxylation sites is 1. The van der Waals surface area contributed by atoms with E-state index in [9.17, 15) is 4.79 Å². The summed E-state index contributed by atoms with van der Waals surface area (Å²) in [5.74, 6) is -0.0905. The second kappa shape index (κ2) is 4.55. The Kier molecular flexibility index (Phi) is 3.10. The molecular weight excluding hydrogens is 216 g/mol. The largest absolute Gasteiger partial charge is 0.339 e. The van der Waals surface area contributed by atoms with Crippen molar-refractivity contribution in [3.8, 4) is 0 Å². The van der Waals surface area contributed by atoms with Gasteiger partial charge < -0.3 is 10.6 Å². The third kappa shape index (κ3) is 2.01. The number of carbonyl (C=O) groups excluding carboxylic acids is 1. The molecule has 0 unspecified atom stereocenters. The number of hydrogen-bond acceptors (Lipinski definition) is 3. The third-order valence-electron chi connectivity index (χ3n) is 2.77. The van der Waals surface area contributed by atoms with E-state index in [1.165, 1.54) is 0 Å². The number of rotatable bonds is 3. The Balaban J connectivity index is 2.45. The molecule has 0 bridgehead atoms. The fourth-order valence-electron chi connectivity index (χ4n) is 1.85. The van der Waals surface area contributed by atoms with Crippen LogP contribution in [0.5, 0.6) is 0 Å². The zero-order valence-electron chi connectivity index (χ0n) is 10.1. The molecule has 0 saturated heterocycles. The summed E-state index contributed by atoms with van der Waals surface area (Å²) in [5, 5.41) is 5.16. The van der Waals surface area contributed by atoms with Gasteiger partial charge in [-0.3, -0.25) is 9.48 Å². The molecule has 2 aromatic rings. The first-order valence-corrected chi connectivity index (χ1v) is 5.52. The van der Waals surface area contributed by atoms with E-state index in [1.54, 1.807) is 16.6 Å². The van der Waals surface area contributed by atoms with Crippen molar-refractivity contribution in [1.82, 2.24) is 14.7 Å². The number of likely N-dealkylation sites (N-methyl/N-ethyl adjacent to an activating group) is 1. The van der Waals surface area contributed by atoms with Crippen molar-refractivity contribution in [2.45, 2.75) is 0 Å². The molecule has 90 valence electrons. The van der Waals surface area contributed by atoms with Crippen LogP contribution in [0.25, 0.3) is 10.9 Å². The van der Waals surface area contributed by atoms with E-state index in [-0.39, 0.29) is 5.91 Å². The summed E-state index contributed by atoms with van der Waals surface area (Å²) in [6.07, 6.45) is 0. The predicted molar refractivity (Wildman–Crippen MR) is 66.7 cm³/mol. The summed E-state index contributed by atoms with van der Waals surface area (Å²) in [7, 11) is 3.57. The lowest BCUT2D eigenvalue weighted by atomic mass is 10.2. The normalized spacial score (nSPS) is 10.8. The summed E-state index contributed by atoms with van der Waals surface area (Å²) in [4.78, 5) is 13.7. The number of amides is 1. The SMILES string of the molecule is CN(CCN)C(=O)c1nn(C)c2ccccc12. The maximum atomic E-state index is 12.2. The van der Waals surface area contributed by atoms with Gasteiger partial charge in [0.15, 0.2) is 5.69 Å². The van der Waals surface area contributed by atoms with Crippen molar-refractivity contribution in [2.24, 2.45) is 12.8 Å². The quantitative estimate of drug-likeness (QED) is 0.843. The van der Waals surface area contributed by atoms with E-state index >= 15 is 0 Å². The third-order valence-corrected chi connectivity index (χ3v) is 2.77. The van der Waals surface area contributed by atoms with Gasteiger partial charge in [-0.1, -0.05) is 18.2 Å². The number of nitrogens with zero attached hydrogens (tertiary/aromatic N) is 3. The Hall–Kier alpha value is -1.88. The van der Waals surface area contributed by atoms with E-state index in [0.29, 0.717) is 18.8 Å². The number of aromatic nitrogens is 2. The molecular formula is C12H16N4O. The zero-order valence-corrected chi connectivity index (χ0v) is 10.1. The van der Waals surface area contributed by atoms with Crippen LogP contribution >= 0.6 is 0 Å². The first kappa shape index (κ1) is 11.6. The average molecular weight is 232 g/mol. The van der Waals surface area contributed by atoms with Gasteiger partial charge in [0, 0.05) is 32.6 Å². The molecule has 2 rings (SSSR count). The van der Waals surface area contributed by atoms with Crippen molar-refractivity contribution in [3.05, 3.63) is 30.0 Å². The highest BCUT2D eigenvalue weighted by Gasteiger charge is 2.18. The van der Waals surface area contributed by atoms with Crippen molar-refractivity contribution >= 4 is 16.8 Å². The molecule has 0 saturated carbocycles. The maximum Gasteiger partial charge on any atom is 0.274 e. The standard InChI is InChI=1S/C12H16N4O/c1-15(8-7-13)12(17)11-9-5-3-4-6-10(9)16(2)14-11/h3-6H,7-8,13H2,1-2H3. The minimum absolute atomic E-state index is 0.0905. The van der Waals surface area contributed by atoms with Gasteiger partial charge in [0.25, 0.3) is 5.91 Å². The van der Waals surface area contributed by atoms with Crippen molar-refractivity contribution in [2.75, 3.05) is 20.1 Å². The molecule has 0 spiro atoms. The predicted octanol–water partition coefficient (Wildman–Crippen LogP) is 0.604. The molecule has 0 aliphatic heterocycles. The Bertz CT molecular complexity index is 546. The number of hydrogen-bond donors (Lipinski definition) is 1. The van der Waals surface area contributed by atoms with Gasteiger partial charge in [-0.15, -0.1) is 0 Å². The van der Waals surface area contributed by atoms with Crippen LogP contribution in [0.3, 0.4) is 0 Å². The molecule has 5 nitrogen and oxygen atoms in total. The molecule has 1 amide bonds. The molecule has 1 aromatic carbocycles. The Morgan fingerprint density at radius 1 is 1.47 bits per heavy atom. The van der Waals surface area contributed by atoms with Gasteiger partial charge in [-0.05, 0) is 6.07 Å². The van der Waals surface area contributed by atoms with Crippen LogP contribution in [-0.4, -0.2) is 40.7 Å². The lowest BCUT2D eigenvalue weighted by molar-refractivity contribution is 0.0794. The zero-order chi connectivity index (χ0) is 12.4. The topological polar surface area (TPSA) is 64.2 Å². The highest BCUT2D eigenvalue weighted by atomic mass is 16.2. The van der Waals surface area contributed by atoms with Gasteiger partial charge in [-0.2, -0.15) is 5.10 Å². The summed E-state index contributed by atoms with van der Waals surface area (Å²) >= 11 is 0. The summed E-state index contributed by atoms with van der Waals surface area (Å²) in [6, 6.07) is 7.69. The lowest BCUT2D eigenvalue weighted by Gasteiger charge is -2.14. The molecule has 1 heterocycles. The minimum atomic E-state index is -0.0905. The monoisotopic (exact) mass is 232 g/mol. The van der Waals surface area contributed by atoms with Gasteiger partial charge >= 0.3 is 0 Å². The van der Waals surface area contributed by atoms with E-state index in [0.717, 1.165) is 10.9 Å². The van der Waals surface area contributed by atoms with Gasteiger partial charge in [0.2, 0.25) is 0 Å². The number of benzene rings is 1. The minimum Gasteiger partial charge on any atom is -0.339 e. The Labute approximate surface area is 99.8 Å². The van der Waals surface area contributed by atoms with Crippen molar-refractivity contribution in [1.29, 1.82) is 0 Å². The molecule has 17 heavy (non-hydrogen) atoms. The molecule has 1 aromatic heterocycles. The van der Waals surface area contributed by atoms with Crippen LogP contribution in [0, 0.1) is 0 Å². The lowest BCUT2D eigenvalue weighted by Crippen LogP contribution is -2.32. The first-order chi connectivity index (χ1) is 8.15. The van der Waals surface area contributed by atoms with Gasteiger partial charge in [-0.25, -0.2) is 0 Å². The van der Waals surface area contributed by atoms with Crippen LogP contribution in [0.1, 0.15) is 10.5 Å². The van der Waals surface area contributed by atoms with Crippen LogP contribution in [0.4, 0.5) is 0 Å². The molecule has 0 radical (unpaired) electrons. The summed E-state index contributed by atoms with van der Waals surface area (Å²) < 4.78 is 1.72. The van der Waals surface area contributed by atoms with E-state index in [4.69, 9.17) is 5.73 Å². The average Bonchev–Trinajstić information content (AvgIpc) is 2.67. The molecule has 2 N–H and O–H groups in total. The Morgan fingerprint density at radius 3 is 2.88 bits per heavy atom. The molecule has 0 fully saturated rings. The van der Waals surface area contributed by atoms with E-state index in [2.05, 4.69) is 5.10 Å². The highest BCUT2D eigenvalue weighted by Crippen LogP contribution is 2.18. The number of nitrogens with two attached hydrogens (primary N) is 1. The van der Waals surface area contributed by atoms with E-state index < -0.39 is 0 Å². The number of aryl methyl sites for hydroxylation is 1. The first-order valence-electron chi connectivity index (χ1n) is 5.52. The Morgan fingerprint density at radius 2 is 2.18 bits per heavy atom. The van der Waals surface area contributed by atoms with Crippen LogP contribution in [0.15, 0.2) is 24.3 Å². The molecule has 0 aliphatic rings. The second-order valence-corrected chi connectivity index (χ2v) is 4.00. The molecule has 5 heteroatoms.